The number of hydrogen-bond donors (Lipinski definition) is 3. The van der Waals surface area contributed by atoms with Gasteiger partial charge in [0, 0.05) is 12.5 Å². The summed E-state index contributed by atoms with van der Waals surface area (Å²) in [6.45, 7) is 2.88. The molecule has 0 spiro atoms. The van der Waals surface area contributed by atoms with E-state index in [1.807, 2.05) is 12.2 Å². The van der Waals surface area contributed by atoms with Gasteiger partial charge >= 0.3 is 12.0 Å². The Morgan fingerprint density at radius 3 is 2.33 bits per heavy atom. The molecule has 1 aliphatic carbocycles. The summed E-state index contributed by atoms with van der Waals surface area (Å²) >= 11 is 0. The van der Waals surface area contributed by atoms with Crippen molar-refractivity contribution in [1.29, 1.82) is 0 Å². The first-order valence-electron chi connectivity index (χ1n) is 5.80. The van der Waals surface area contributed by atoms with Crippen molar-refractivity contribution in [2.75, 3.05) is 0 Å². The number of imide groups is 1. The normalized spacial score (nSPS) is 15.4. The second kappa shape index (κ2) is 5.66. The Balaban J connectivity index is 2.35. The molecule has 0 radical (unpaired) electrons. The zero-order valence-corrected chi connectivity index (χ0v) is 10.5. The average molecular weight is 254 g/mol. The first-order valence-corrected chi connectivity index (χ1v) is 5.80. The topological polar surface area (TPSA) is 95.5 Å². The van der Waals surface area contributed by atoms with Crippen LogP contribution in [0.4, 0.5) is 4.79 Å². The summed E-state index contributed by atoms with van der Waals surface area (Å²) in [4.78, 5) is 33.8. The first kappa shape index (κ1) is 14.2. The van der Waals surface area contributed by atoms with Crippen molar-refractivity contribution in [3.05, 3.63) is 12.2 Å². The number of aliphatic carboxylic acids is 1. The van der Waals surface area contributed by atoms with Crippen molar-refractivity contribution in [2.45, 2.75) is 39.2 Å². The molecule has 0 bridgehead atoms. The molecule has 0 heterocycles. The minimum absolute atomic E-state index is 0.0188. The SMILES string of the molecule is CC(C)(CC(=O)NC(=O)NC1CC=CC1)C(=O)O. The molecule has 3 N–H and O–H groups in total. The fraction of sp³-hybridized carbons (Fsp3) is 0.583. The second-order valence-electron chi connectivity index (χ2n) is 5.03. The largest absolute Gasteiger partial charge is 0.481 e. The van der Waals surface area contributed by atoms with Crippen LogP contribution in [-0.4, -0.2) is 29.1 Å². The van der Waals surface area contributed by atoms with Gasteiger partial charge in [-0.1, -0.05) is 12.2 Å². The number of hydrogen-bond acceptors (Lipinski definition) is 3. The fourth-order valence-electron chi connectivity index (χ4n) is 1.60. The fourth-order valence-corrected chi connectivity index (χ4v) is 1.60. The Morgan fingerprint density at radius 1 is 1.28 bits per heavy atom. The molecule has 0 aromatic heterocycles. The van der Waals surface area contributed by atoms with Crippen molar-refractivity contribution in [3.63, 3.8) is 0 Å². The molecule has 0 aromatic rings. The van der Waals surface area contributed by atoms with Gasteiger partial charge in [-0.05, 0) is 26.7 Å². The summed E-state index contributed by atoms with van der Waals surface area (Å²) in [6, 6.07) is -0.555. The molecule has 18 heavy (non-hydrogen) atoms. The van der Waals surface area contributed by atoms with Gasteiger partial charge in [-0.25, -0.2) is 4.79 Å². The van der Waals surface area contributed by atoms with Crippen molar-refractivity contribution < 1.29 is 19.5 Å². The van der Waals surface area contributed by atoms with Crippen LogP contribution in [0.2, 0.25) is 0 Å². The molecular weight excluding hydrogens is 236 g/mol. The van der Waals surface area contributed by atoms with Crippen LogP contribution in [0.5, 0.6) is 0 Å². The van der Waals surface area contributed by atoms with Gasteiger partial charge in [-0.2, -0.15) is 0 Å². The lowest BCUT2D eigenvalue weighted by molar-refractivity contribution is -0.149. The molecule has 0 saturated carbocycles. The molecule has 0 atom stereocenters. The third-order valence-corrected chi connectivity index (χ3v) is 2.78. The quantitative estimate of drug-likeness (QED) is 0.653. The maximum absolute atomic E-state index is 11.5. The van der Waals surface area contributed by atoms with E-state index in [0.717, 1.165) is 12.8 Å². The first-order chi connectivity index (χ1) is 8.31. The molecule has 0 unspecified atom stereocenters. The number of rotatable bonds is 4. The highest BCUT2D eigenvalue weighted by Crippen LogP contribution is 2.19. The maximum atomic E-state index is 11.5. The monoisotopic (exact) mass is 254 g/mol. The lowest BCUT2D eigenvalue weighted by atomic mass is 9.89. The summed E-state index contributed by atoms with van der Waals surface area (Å²) in [7, 11) is 0. The second-order valence-corrected chi connectivity index (χ2v) is 5.03. The summed E-state index contributed by atoms with van der Waals surface area (Å²) < 4.78 is 0. The smallest absolute Gasteiger partial charge is 0.321 e. The van der Waals surface area contributed by atoms with Crippen LogP contribution >= 0.6 is 0 Å². The molecule has 0 saturated heterocycles. The molecule has 0 aromatic carbocycles. The van der Waals surface area contributed by atoms with E-state index < -0.39 is 23.3 Å². The highest BCUT2D eigenvalue weighted by atomic mass is 16.4. The van der Waals surface area contributed by atoms with E-state index in [1.54, 1.807) is 0 Å². The van der Waals surface area contributed by atoms with Crippen LogP contribution in [0.1, 0.15) is 33.1 Å². The summed E-state index contributed by atoms with van der Waals surface area (Å²) in [5.74, 6) is -1.66. The molecule has 100 valence electrons. The van der Waals surface area contributed by atoms with Crippen LogP contribution in [0.3, 0.4) is 0 Å². The molecule has 1 aliphatic rings. The molecule has 3 amide bonds. The zero-order chi connectivity index (χ0) is 13.8. The standard InChI is InChI=1S/C12H18N2O4/c1-12(2,10(16)17)7-9(15)14-11(18)13-8-5-3-4-6-8/h3-4,8H,5-7H2,1-2H3,(H,16,17)(H2,13,14,15,18). The summed E-state index contributed by atoms with van der Waals surface area (Å²) in [5, 5.41) is 13.6. The number of nitrogens with one attached hydrogen (secondary N) is 2. The lowest BCUT2D eigenvalue weighted by Gasteiger charge is -2.18. The van der Waals surface area contributed by atoms with Gasteiger partial charge in [0.05, 0.1) is 5.41 Å². The van der Waals surface area contributed by atoms with Gasteiger partial charge in [0.15, 0.2) is 0 Å². The van der Waals surface area contributed by atoms with Gasteiger partial charge in [0.1, 0.15) is 0 Å². The van der Waals surface area contributed by atoms with E-state index in [9.17, 15) is 14.4 Å². The number of urea groups is 1. The molecular formula is C12H18N2O4. The Hall–Kier alpha value is -1.85. The Labute approximate surface area is 105 Å². The average Bonchev–Trinajstić information content (AvgIpc) is 2.68. The van der Waals surface area contributed by atoms with Crippen molar-refractivity contribution >= 4 is 17.9 Å². The van der Waals surface area contributed by atoms with E-state index in [2.05, 4.69) is 10.6 Å². The highest BCUT2D eigenvalue weighted by molar-refractivity contribution is 5.96. The maximum Gasteiger partial charge on any atom is 0.321 e. The van der Waals surface area contributed by atoms with Gasteiger partial charge in [0.2, 0.25) is 5.91 Å². The van der Waals surface area contributed by atoms with Crippen LogP contribution in [0.15, 0.2) is 12.2 Å². The molecule has 6 nitrogen and oxygen atoms in total. The van der Waals surface area contributed by atoms with Crippen molar-refractivity contribution in [1.82, 2.24) is 10.6 Å². The molecule has 0 fully saturated rings. The lowest BCUT2D eigenvalue weighted by Crippen LogP contribution is -2.45. The van der Waals surface area contributed by atoms with Crippen LogP contribution in [0.25, 0.3) is 0 Å². The van der Waals surface area contributed by atoms with Gasteiger partial charge < -0.3 is 10.4 Å². The van der Waals surface area contributed by atoms with Crippen LogP contribution in [-0.2, 0) is 9.59 Å². The number of carbonyl (C=O) groups excluding carboxylic acids is 2. The number of carboxylic acid groups (broad SMARTS) is 1. The predicted molar refractivity (Wildman–Crippen MR) is 64.9 cm³/mol. The van der Waals surface area contributed by atoms with E-state index >= 15 is 0 Å². The third-order valence-electron chi connectivity index (χ3n) is 2.78. The van der Waals surface area contributed by atoms with E-state index in [1.165, 1.54) is 13.8 Å². The van der Waals surface area contributed by atoms with Gasteiger partial charge in [-0.15, -0.1) is 0 Å². The van der Waals surface area contributed by atoms with Gasteiger partial charge in [0.25, 0.3) is 0 Å². The summed E-state index contributed by atoms with van der Waals surface area (Å²) in [5.41, 5.74) is -1.18. The van der Waals surface area contributed by atoms with Gasteiger partial charge in [-0.3, -0.25) is 14.9 Å². The predicted octanol–water partition coefficient (Wildman–Crippen LogP) is 1.03. The van der Waals surface area contributed by atoms with E-state index in [-0.39, 0.29) is 12.5 Å². The number of carboxylic acids is 1. The molecule has 6 heteroatoms. The zero-order valence-electron chi connectivity index (χ0n) is 10.5. The van der Waals surface area contributed by atoms with Crippen molar-refractivity contribution in [2.24, 2.45) is 5.41 Å². The van der Waals surface area contributed by atoms with E-state index in [4.69, 9.17) is 5.11 Å². The molecule has 1 rings (SSSR count). The minimum atomic E-state index is -1.18. The third kappa shape index (κ3) is 4.20. The Bertz CT molecular complexity index is 380. The summed E-state index contributed by atoms with van der Waals surface area (Å²) in [6.07, 6.45) is 5.18. The molecule has 0 aliphatic heterocycles. The Morgan fingerprint density at radius 2 is 1.83 bits per heavy atom. The van der Waals surface area contributed by atoms with Crippen molar-refractivity contribution in [3.8, 4) is 0 Å². The van der Waals surface area contributed by atoms with Crippen LogP contribution in [0, 0.1) is 5.41 Å². The number of carbonyl (C=O) groups is 3. The number of amides is 3. The van der Waals surface area contributed by atoms with E-state index in [0.29, 0.717) is 0 Å². The Kier molecular flexibility index (Phi) is 4.47. The van der Waals surface area contributed by atoms with Crippen LogP contribution < -0.4 is 10.6 Å². The minimum Gasteiger partial charge on any atom is -0.481 e. The highest BCUT2D eigenvalue weighted by Gasteiger charge is 2.30.